The van der Waals surface area contributed by atoms with Crippen molar-refractivity contribution in [3.05, 3.63) is 28.3 Å². The van der Waals surface area contributed by atoms with E-state index in [1.165, 1.54) is 25.2 Å². The van der Waals surface area contributed by atoms with Crippen molar-refractivity contribution < 1.29 is 13.3 Å². The van der Waals surface area contributed by atoms with E-state index in [4.69, 9.17) is 5.84 Å². The number of nitrogens with zero attached hydrogens (tertiary/aromatic N) is 3. The Morgan fingerprint density at radius 1 is 1.29 bits per heavy atom. The summed E-state index contributed by atoms with van der Waals surface area (Å²) < 4.78 is 26.0. The number of rotatable bonds is 7. The average molecular weight is 317 g/mol. The van der Waals surface area contributed by atoms with Crippen molar-refractivity contribution in [2.45, 2.75) is 4.90 Å². The van der Waals surface area contributed by atoms with Gasteiger partial charge in [0.05, 0.1) is 4.92 Å². The van der Waals surface area contributed by atoms with Gasteiger partial charge >= 0.3 is 5.69 Å². The SMILES string of the molecule is CN(C)CCN(C)S(=O)(=O)c1cccc(NN)c1[N+](=O)[O-]. The first kappa shape index (κ1) is 17.3. The highest BCUT2D eigenvalue weighted by atomic mass is 32.2. The lowest BCUT2D eigenvalue weighted by atomic mass is 10.3. The summed E-state index contributed by atoms with van der Waals surface area (Å²) in [5.74, 6) is 5.21. The zero-order chi connectivity index (χ0) is 16.2. The van der Waals surface area contributed by atoms with Crippen LogP contribution >= 0.6 is 0 Å². The first-order valence-corrected chi connectivity index (χ1v) is 7.51. The second kappa shape index (κ2) is 6.80. The van der Waals surface area contributed by atoms with Gasteiger partial charge in [0.15, 0.2) is 4.90 Å². The van der Waals surface area contributed by atoms with Gasteiger partial charge in [-0.1, -0.05) is 6.07 Å². The van der Waals surface area contributed by atoms with Gasteiger partial charge in [0.25, 0.3) is 0 Å². The maximum Gasteiger partial charge on any atom is 0.313 e. The first-order chi connectivity index (χ1) is 9.71. The molecule has 0 spiro atoms. The molecule has 0 amide bonds. The number of sulfonamides is 1. The highest BCUT2D eigenvalue weighted by molar-refractivity contribution is 7.89. The zero-order valence-corrected chi connectivity index (χ0v) is 12.9. The third kappa shape index (κ3) is 3.88. The molecule has 21 heavy (non-hydrogen) atoms. The Kier molecular flexibility index (Phi) is 5.61. The normalized spacial score (nSPS) is 11.9. The third-order valence-corrected chi connectivity index (χ3v) is 4.78. The molecule has 0 heterocycles. The van der Waals surface area contributed by atoms with Crippen molar-refractivity contribution in [1.82, 2.24) is 9.21 Å². The van der Waals surface area contributed by atoms with Crippen molar-refractivity contribution in [2.24, 2.45) is 5.84 Å². The lowest BCUT2D eigenvalue weighted by Gasteiger charge is -2.19. The van der Waals surface area contributed by atoms with E-state index in [-0.39, 0.29) is 17.1 Å². The molecular weight excluding hydrogens is 298 g/mol. The molecule has 0 radical (unpaired) electrons. The van der Waals surface area contributed by atoms with Gasteiger partial charge < -0.3 is 10.3 Å². The van der Waals surface area contributed by atoms with Crippen LogP contribution in [0.2, 0.25) is 0 Å². The summed E-state index contributed by atoms with van der Waals surface area (Å²) in [6.07, 6.45) is 0. The smallest absolute Gasteiger partial charge is 0.313 e. The number of nitro groups is 1. The predicted octanol–water partition coefficient (Wildman–Crippen LogP) is 0.0625. The third-order valence-electron chi connectivity index (χ3n) is 2.89. The van der Waals surface area contributed by atoms with Crippen molar-refractivity contribution in [3.8, 4) is 0 Å². The monoisotopic (exact) mass is 317 g/mol. The van der Waals surface area contributed by atoms with Crippen LogP contribution in [-0.2, 0) is 10.0 Å². The lowest BCUT2D eigenvalue weighted by molar-refractivity contribution is -0.386. The van der Waals surface area contributed by atoms with E-state index >= 15 is 0 Å². The van der Waals surface area contributed by atoms with Gasteiger partial charge in [0, 0.05) is 20.1 Å². The number of likely N-dealkylation sites (N-methyl/N-ethyl adjacent to an activating group) is 2. The Labute approximate surface area is 123 Å². The summed E-state index contributed by atoms with van der Waals surface area (Å²) in [5.41, 5.74) is 1.53. The van der Waals surface area contributed by atoms with Gasteiger partial charge in [-0.3, -0.25) is 16.0 Å². The van der Waals surface area contributed by atoms with Gasteiger partial charge in [0.2, 0.25) is 10.0 Å². The summed E-state index contributed by atoms with van der Waals surface area (Å²) >= 11 is 0. The van der Waals surface area contributed by atoms with Crippen molar-refractivity contribution in [1.29, 1.82) is 0 Å². The second-order valence-corrected chi connectivity index (χ2v) is 6.70. The highest BCUT2D eigenvalue weighted by Crippen LogP contribution is 2.32. The quantitative estimate of drug-likeness (QED) is 0.414. The molecule has 0 aliphatic rings. The number of nitrogens with two attached hydrogens (primary N) is 1. The van der Waals surface area contributed by atoms with Crippen LogP contribution < -0.4 is 11.3 Å². The Balaban J connectivity index is 3.28. The van der Waals surface area contributed by atoms with E-state index in [1.54, 1.807) is 0 Å². The number of hydrogen-bond acceptors (Lipinski definition) is 7. The molecule has 1 aromatic rings. The Hall–Kier alpha value is -1.75. The summed E-state index contributed by atoms with van der Waals surface area (Å²) in [6, 6.07) is 3.94. The van der Waals surface area contributed by atoms with Crippen LogP contribution in [0.3, 0.4) is 0 Å². The highest BCUT2D eigenvalue weighted by Gasteiger charge is 2.31. The van der Waals surface area contributed by atoms with Gasteiger partial charge in [-0.15, -0.1) is 0 Å². The van der Waals surface area contributed by atoms with E-state index in [1.807, 2.05) is 19.0 Å². The molecule has 0 fully saturated rings. The summed E-state index contributed by atoms with van der Waals surface area (Å²) in [6.45, 7) is 0.713. The average Bonchev–Trinajstić information content (AvgIpc) is 2.43. The molecule has 0 aliphatic heterocycles. The van der Waals surface area contributed by atoms with Gasteiger partial charge in [0.1, 0.15) is 5.69 Å². The molecule has 1 rings (SSSR count). The fourth-order valence-corrected chi connectivity index (χ4v) is 3.00. The molecule has 0 saturated heterocycles. The maximum atomic E-state index is 12.5. The van der Waals surface area contributed by atoms with E-state index in [0.717, 1.165) is 4.31 Å². The molecule has 0 aliphatic carbocycles. The number of hydrogen-bond donors (Lipinski definition) is 2. The molecule has 118 valence electrons. The minimum atomic E-state index is -3.97. The first-order valence-electron chi connectivity index (χ1n) is 6.07. The maximum absolute atomic E-state index is 12.5. The van der Waals surface area contributed by atoms with Crippen LogP contribution in [0.5, 0.6) is 0 Å². The topological polar surface area (TPSA) is 122 Å². The number of nitrogen functional groups attached to an aromatic ring is 1. The lowest BCUT2D eigenvalue weighted by Crippen LogP contribution is -2.34. The minimum Gasteiger partial charge on any atom is -0.318 e. The standard InChI is InChI=1S/C11H19N5O4S/c1-14(2)7-8-15(3)21(19,20)10-6-4-5-9(13-12)11(10)16(17)18/h4-6,13H,7-8,12H2,1-3H3. The summed E-state index contributed by atoms with van der Waals surface area (Å²) in [5, 5.41) is 11.2. The van der Waals surface area contributed by atoms with Gasteiger partial charge in [-0.2, -0.15) is 4.31 Å². The number of hydrazine groups is 1. The molecule has 0 aromatic heterocycles. The summed E-state index contributed by atoms with van der Waals surface area (Å²) in [4.78, 5) is 11.8. The second-order valence-electron chi connectivity index (χ2n) is 4.68. The molecule has 0 saturated carbocycles. The Bertz CT molecular complexity index is 617. The zero-order valence-electron chi connectivity index (χ0n) is 12.1. The van der Waals surface area contributed by atoms with Crippen molar-refractivity contribution in [3.63, 3.8) is 0 Å². The fourth-order valence-electron chi connectivity index (χ4n) is 1.66. The number of para-hydroxylation sites is 1. The van der Waals surface area contributed by atoms with E-state index < -0.39 is 20.6 Å². The number of nitrogens with one attached hydrogen (secondary N) is 1. The van der Waals surface area contributed by atoms with Crippen molar-refractivity contribution in [2.75, 3.05) is 39.7 Å². The summed E-state index contributed by atoms with van der Waals surface area (Å²) in [7, 11) is 1.02. The Morgan fingerprint density at radius 2 is 1.90 bits per heavy atom. The molecular formula is C11H19N5O4S. The van der Waals surface area contributed by atoms with Crippen molar-refractivity contribution >= 4 is 21.4 Å². The van der Waals surface area contributed by atoms with Crippen LogP contribution in [0, 0.1) is 10.1 Å². The Morgan fingerprint density at radius 3 is 2.38 bits per heavy atom. The molecule has 1 aromatic carbocycles. The van der Waals surface area contributed by atoms with E-state index in [9.17, 15) is 18.5 Å². The largest absolute Gasteiger partial charge is 0.318 e. The van der Waals surface area contributed by atoms with Crippen LogP contribution in [0.15, 0.2) is 23.1 Å². The van der Waals surface area contributed by atoms with Gasteiger partial charge in [-0.05, 0) is 26.2 Å². The minimum absolute atomic E-state index is 0.0536. The van der Waals surface area contributed by atoms with Gasteiger partial charge in [-0.25, -0.2) is 8.42 Å². The number of nitro benzene ring substituents is 1. The van der Waals surface area contributed by atoms with E-state index in [0.29, 0.717) is 6.54 Å². The number of benzene rings is 1. The van der Waals surface area contributed by atoms with Crippen LogP contribution in [0.1, 0.15) is 0 Å². The van der Waals surface area contributed by atoms with Crippen LogP contribution in [0.4, 0.5) is 11.4 Å². The number of anilines is 1. The molecule has 10 heteroatoms. The molecule has 0 atom stereocenters. The van der Waals surface area contributed by atoms with Crippen LogP contribution in [0.25, 0.3) is 0 Å². The molecule has 9 nitrogen and oxygen atoms in total. The molecule has 3 N–H and O–H groups in total. The predicted molar refractivity (Wildman–Crippen MR) is 79.3 cm³/mol. The molecule has 0 unspecified atom stereocenters. The molecule has 0 bridgehead atoms. The fraction of sp³-hybridized carbons (Fsp3) is 0.455. The van der Waals surface area contributed by atoms with Crippen LogP contribution in [-0.4, -0.2) is 56.8 Å². The van der Waals surface area contributed by atoms with E-state index in [2.05, 4.69) is 5.43 Å².